The molecule has 5 heteroatoms. The zero-order valence-electron chi connectivity index (χ0n) is 16.4. The highest BCUT2D eigenvalue weighted by Gasteiger charge is 2.24. The van der Waals surface area contributed by atoms with Gasteiger partial charge in [0, 0.05) is 17.8 Å². The van der Waals surface area contributed by atoms with E-state index >= 15 is 0 Å². The number of nitrogens with zero attached hydrogens (tertiary/aromatic N) is 2. The smallest absolute Gasteiger partial charge is 0.339 e. The highest BCUT2D eigenvalue weighted by Crippen LogP contribution is 2.28. The lowest BCUT2D eigenvalue weighted by atomic mass is 9.96. The molecule has 1 aliphatic rings. The molecule has 3 aromatic carbocycles. The number of hydrogen-bond acceptors (Lipinski definition) is 4. The monoisotopic (exact) mass is 396 g/mol. The second-order valence-corrected chi connectivity index (χ2v) is 7.06. The topological polar surface area (TPSA) is 70.4 Å². The first-order valence-corrected chi connectivity index (χ1v) is 9.83. The van der Waals surface area contributed by atoms with Crippen LogP contribution in [-0.4, -0.2) is 25.0 Å². The van der Waals surface area contributed by atoms with Gasteiger partial charge in [-0.15, -0.1) is 0 Å². The molecule has 0 saturated heterocycles. The number of hydrogen-bond donors (Lipinski definition) is 0. The van der Waals surface area contributed by atoms with Crippen molar-refractivity contribution >= 4 is 17.6 Å². The van der Waals surface area contributed by atoms with Crippen LogP contribution in [0.1, 0.15) is 27.9 Å². The largest absolute Gasteiger partial charge is 0.452 e. The zero-order valence-corrected chi connectivity index (χ0v) is 16.4. The fraction of sp³-hybridized carbons (Fsp3) is 0.160. The maximum absolute atomic E-state index is 12.8. The van der Waals surface area contributed by atoms with Gasteiger partial charge in [-0.1, -0.05) is 54.6 Å². The maximum atomic E-state index is 12.8. The molecule has 0 saturated carbocycles. The Kier molecular flexibility index (Phi) is 5.58. The van der Waals surface area contributed by atoms with Crippen molar-refractivity contribution in [1.82, 2.24) is 0 Å². The molecule has 1 aliphatic heterocycles. The number of carbonyl (C=O) groups is 2. The third kappa shape index (κ3) is 3.81. The van der Waals surface area contributed by atoms with E-state index in [2.05, 4.69) is 6.07 Å². The molecule has 0 fully saturated rings. The number of para-hydroxylation sites is 1. The number of rotatable bonds is 4. The predicted octanol–water partition coefficient (Wildman–Crippen LogP) is 4.36. The minimum absolute atomic E-state index is 0.245. The molecular weight excluding hydrogens is 376 g/mol. The van der Waals surface area contributed by atoms with Gasteiger partial charge in [-0.3, -0.25) is 4.79 Å². The van der Waals surface area contributed by atoms with Crippen molar-refractivity contribution in [2.45, 2.75) is 12.8 Å². The van der Waals surface area contributed by atoms with Crippen LogP contribution in [-0.2, 0) is 16.0 Å². The first-order chi connectivity index (χ1) is 14.7. The number of carbonyl (C=O) groups excluding carboxylic acids is 2. The van der Waals surface area contributed by atoms with Crippen LogP contribution in [0.25, 0.3) is 11.1 Å². The molecule has 0 N–H and O–H groups in total. The molecule has 1 amide bonds. The van der Waals surface area contributed by atoms with Gasteiger partial charge in [-0.05, 0) is 42.2 Å². The second kappa shape index (κ2) is 8.62. The SMILES string of the molecule is N#Cc1ccccc1-c1ccccc1C(=O)OCC(=O)N1CCCc2ccccc21. The summed E-state index contributed by atoms with van der Waals surface area (Å²) >= 11 is 0. The van der Waals surface area contributed by atoms with Gasteiger partial charge in [0.15, 0.2) is 6.61 Å². The Labute approximate surface area is 175 Å². The van der Waals surface area contributed by atoms with Crippen molar-refractivity contribution < 1.29 is 14.3 Å². The van der Waals surface area contributed by atoms with Gasteiger partial charge in [-0.2, -0.15) is 5.26 Å². The molecule has 0 spiro atoms. The summed E-state index contributed by atoms with van der Waals surface area (Å²) in [6.07, 6.45) is 1.82. The van der Waals surface area contributed by atoms with Crippen LogP contribution in [0.15, 0.2) is 72.8 Å². The van der Waals surface area contributed by atoms with Crippen molar-refractivity contribution in [2.75, 3.05) is 18.1 Å². The molecule has 0 aromatic heterocycles. The van der Waals surface area contributed by atoms with Crippen LogP contribution in [0.2, 0.25) is 0 Å². The van der Waals surface area contributed by atoms with E-state index in [0.29, 0.717) is 28.8 Å². The van der Waals surface area contributed by atoms with E-state index in [-0.39, 0.29) is 12.5 Å². The van der Waals surface area contributed by atoms with E-state index in [1.165, 1.54) is 0 Å². The van der Waals surface area contributed by atoms with Crippen molar-refractivity contribution in [1.29, 1.82) is 5.26 Å². The Bertz CT molecular complexity index is 1150. The molecule has 30 heavy (non-hydrogen) atoms. The third-order valence-electron chi connectivity index (χ3n) is 5.22. The highest BCUT2D eigenvalue weighted by molar-refractivity contribution is 6.01. The third-order valence-corrected chi connectivity index (χ3v) is 5.22. The van der Waals surface area contributed by atoms with E-state index in [4.69, 9.17) is 4.74 Å². The van der Waals surface area contributed by atoms with Crippen molar-refractivity contribution in [2.24, 2.45) is 0 Å². The van der Waals surface area contributed by atoms with E-state index < -0.39 is 5.97 Å². The number of anilines is 1. The lowest BCUT2D eigenvalue weighted by Gasteiger charge is -2.29. The van der Waals surface area contributed by atoms with E-state index in [9.17, 15) is 14.9 Å². The maximum Gasteiger partial charge on any atom is 0.339 e. The molecular formula is C25H20N2O3. The summed E-state index contributed by atoms with van der Waals surface area (Å²) in [5.41, 5.74) is 4.07. The van der Waals surface area contributed by atoms with Gasteiger partial charge in [0.05, 0.1) is 17.2 Å². The molecule has 0 atom stereocenters. The molecule has 0 bridgehead atoms. The first-order valence-electron chi connectivity index (χ1n) is 9.83. The van der Waals surface area contributed by atoms with Crippen molar-refractivity contribution in [3.8, 4) is 17.2 Å². The van der Waals surface area contributed by atoms with E-state index in [1.807, 2.05) is 30.3 Å². The molecule has 3 aromatic rings. The van der Waals surface area contributed by atoms with Crippen molar-refractivity contribution in [3.05, 3.63) is 89.5 Å². The Morgan fingerprint density at radius 3 is 2.47 bits per heavy atom. The molecule has 148 valence electrons. The van der Waals surface area contributed by atoms with Crippen molar-refractivity contribution in [3.63, 3.8) is 0 Å². The lowest BCUT2D eigenvalue weighted by molar-refractivity contribution is -0.121. The number of esters is 1. The number of ether oxygens (including phenoxy) is 1. The van der Waals surface area contributed by atoms with Crippen LogP contribution < -0.4 is 4.90 Å². The van der Waals surface area contributed by atoms with Crippen LogP contribution in [0.4, 0.5) is 5.69 Å². The molecule has 0 radical (unpaired) electrons. The Morgan fingerprint density at radius 1 is 0.933 bits per heavy atom. The summed E-state index contributed by atoms with van der Waals surface area (Å²) in [6, 6.07) is 24.0. The highest BCUT2D eigenvalue weighted by atomic mass is 16.5. The number of fused-ring (bicyclic) bond motifs is 1. The van der Waals surface area contributed by atoms with Crippen LogP contribution in [0.3, 0.4) is 0 Å². The standard InChI is InChI=1S/C25H20N2O3/c26-16-19-9-1-3-11-20(19)21-12-4-5-13-22(21)25(29)30-17-24(28)27-15-7-10-18-8-2-6-14-23(18)27/h1-6,8-9,11-14H,7,10,15,17H2. The summed E-state index contributed by atoms with van der Waals surface area (Å²) in [5.74, 6) is -0.831. The van der Waals surface area contributed by atoms with Gasteiger partial charge < -0.3 is 9.64 Å². The van der Waals surface area contributed by atoms with Gasteiger partial charge in [-0.25, -0.2) is 4.79 Å². The van der Waals surface area contributed by atoms with Gasteiger partial charge in [0.2, 0.25) is 0 Å². The summed E-state index contributed by atoms with van der Waals surface area (Å²) in [4.78, 5) is 27.2. The average Bonchev–Trinajstić information content (AvgIpc) is 2.82. The fourth-order valence-corrected chi connectivity index (χ4v) is 3.79. The predicted molar refractivity (Wildman–Crippen MR) is 114 cm³/mol. The number of nitriles is 1. The average molecular weight is 396 g/mol. The molecule has 1 heterocycles. The number of aryl methyl sites for hydroxylation is 1. The minimum Gasteiger partial charge on any atom is -0.452 e. The quantitative estimate of drug-likeness (QED) is 0.615. The lowest BCUT2D eigenvalue weighted by Crippen LogP contribution is -2.38. The summed E-state index contributed by atoms with van der Waals surface area (Å²) < 4.78 is 5.38. The van der Waals surface area contributed by atoms with Gasteiger partial charge in [0.1, 0.15) is 0 Å². The summed E-state index contributed by atoms with van der Waals surface area (Å²) in [7, 11) is 0. The van der Waals surface area contributed by atoms with Crippen LogP contribution >= 0.6 is 0 Å². The Hall–Kier alpha value is -3.91. The fourth-order valence-electron chi connectivity index (χ4n) is 3.79. The molecule has 0 unspecified atom stereocenters. The number of amides is 1. The van der Waals surface area contributed by atoms with Gasteiger partial charge in [0.25, 0.3) is 5.91 Å². The first kappa shape index (κ1) is 19.4. The molecule has 0 aliphatic carbocycles. The van der Waals surface area contributed by atoms with E-state index in [0.717, 1.165) is 24.1 Å². The van der Waals surface area contributed by atoms with Crippen LogP contribution in [0, 0.1) is 11.3 Å². The minimum atomic E-state index is -0.586. The second-order valence-electron chi connectivity index (χ2n) is 7.06. The summed E-state index contributed by atoms with van der Waals surface area (Å²) in [6.45, 7) is 0.279. The molecule has 5 nitrogen and oxygen atoms in total. The molecule has 4 rings (SSSR count). The van der Waals surface area contributed by atoms with E-state index in [1.54, 1.807) is 47.4 Å². The zero-order chi connectivity index (χ0) is 20.9. The van der Waals surface area contributed by atoms with Gasteiger partial charge >= 0.3 is 5.97 Å². The summed E-state index contributed by atoms with van der Waals surface area (Å²) in [5, 5.41) is 9.39. The van der Waals surface area contributed by atoms with Crippen LogP contribution in [0.5, 0.6) is 0 Å². The normalized spacial score (nSPS) is 12.6. The Balaban J connectivity index is 1.52. The Morgan fingerprint density at radius 2 is 1.63 bits per heavy atom. The number of benzene rings is 3.